The van der Waals surface area contributed by atoms with Crippen LogP contribution < -0.4 is 9.46 Å². The molecule has 1 aliphatic carbocycles. The van der Waals surface area contributed by atoms with Gasteiger partial charge in [0.05, 0.1) is 34.2 Å². The molecule has 1 aliphatic rings. The number of para-hydroxylation sites is 2. The van der Waals surface area contributed by atoms with Gasteiger partial charge in [0.15, 0.2) is 0 Å². The van der Waals surface area contributed by atoms with Gasteiger partial charge in [-0.2, -0.15) is 5.26 Å². The number of sulfonamides is 1. The lowest BCUT2D eigenvalue weighted by atomic mass is 9.87. The smallest absolute Gasteiger partial charge is 0.263 e. The maximum atomic E-state index is 12.9. The van der Waals surface area contributed by atoms with Gasteiger partial charge in [0, 0.05) is 0 Å². The van der Waals surface area contributed by atoms with Crippen LogP contribution in [0, 0.1) is 17.2 Å². The fourth-order valence-corrected chi connectivity index (χ4v) is 4.84. The van der Waals surface area contributed by atoms with Crippen LogP contribution in [0.2, 0.25) is 0 Å². The summed E-state index contributed by atoms with van der Waals surface area (Å²) in [5.41, 5.74) is 1.59. The van der Waals surface area contributed by atoms with E-state index in [9.17, 15) is 8.42 Å². The molecular formula is C23H24N4O3S. The lowest BCUT2D eigenvalue weighted by Gasteiger charge is -2.21. The quantitative estimate of drug-likeness (QED) is 0.578. The van der Waals surface area contributed by atoms with Gasteiger partial charge < -0.3 is 4.74 Å². The largest absolute Gasteiger partial charge is 0.475 e. The first-order valence-corrected chi connectivity index (χ1v) is 12.0. The Morgan fingerprint density at radius 1 is 1.00 bits per heavy atom. The summed E-state index contributed by atoms with van der Waals surface area (Å²) in [7, 11) is -3.92. The number of fused-ring (bicyclic) bond motifs is 1. The molecule has 1 saturated carbocycles. The van der Waals surface area contributed by atoms with Gasteiger partial charge in [-0.1, -0.05) is 44.2 Å². The van der Waals surface area contributed by atoms with E-state index in [1.54, 1.807) is 6.07 Å². The van der Waals surface area contributed by atoms with Gasteiger partial charge in [0.2, 0.25) is 5.82 Å². The Hall–Kier alpha value is -3.18. The summed E-state index contributed by atoms with van der Waals surface area (Å²) in [6, 6.07) is 14.9. The van der Waals surface area contributed by atoms with Crippen LogP contribution in [0.15, 0.2) is 53.4 Å². The molecule has 0 atom stereocenters. The van der Waals surface area contributed by atoms with E-state index in [-0.39, 0.29) is 16.6 Å². The highest BCUT2D eigenvalue weighted by molar-refractivity contribution is 7.92. The third kappa shape index (κ3) is 5.12. The number of aromatic nitrogens is 2. The molecule has 1 heterocycles. The summed E-state index contributed by atoms with van der Waals surface area (Å²) in [6.45, 7) is 0.462. The number of ether oxygens (including phenoxy) is 1. The third-order valence-electron chi connectivity index (χ3n) is 5.55. The van der Waals surface area contributed by atoms with Crippen molar-refractivity contribution in [2.75, 3.05) is 11.3 Å². The Labute approximate surface area is 182 Å². The van der Waals surface area contributed by atoms with Crippen LogP contribution in [-0.2, 0) is 10.0 Å². The van der Waals surface area contributed by atoms with Crippen molar-refractivity contribution in [1.29, 1.82) is 5.26 Å². The SMILES string of the molecule is N#Cc1ccc(S(=O)(=O)Nc2nc3ccccc3nc2OCCC2CCCCC2)cc1. The first-order chi connectivity index (χ1) is 15.0. The fraction of sp³-hybridized carbons (Fsp3) is 0.348. The van der Waals surface area contributed by atoms with Crippen LogP contribution in [0.5, 0.6) is 5.88 Å². The lowest BCUT2D eigenvalue weighted by Crippen LogP contribution is -2.17. The summed E-state index contributed by atoms with van der Waals surface area (Å²) < 4.78 is 34.2. The minimum Gasteiger partial charge on any atom is -0.475 e. The number of hydrogen-bond acceptors (Lipinski definition) is 6. The van der Waals surface area contributed by atoms with E-state index < -0.39 is 10.0 Å². The molecule has 160 valence electrons. The van der Waals surface area contributed by atoms with Gasteiger partial charge in [-0.15, -0.1) is 0 Å². The van der Waals surface area contributed by atoms with Crippen molar-refractivity contribution in [3.8, 4) is 11.9 Å². The molecule has 0 spiro atoms. The molecule has 0 amide bonds. The molecule has 7 nitrogen and oxygen atoms in total. The molecule has 3 aromatic rings. The summed E-state index contributed by atoms with van der Waals surface area (Å²) in [5, 5.41) is 8.93. The van der Waals surface area contributed by atoms with E-state index in [1.807, 2.05) is 24.3 Å². The number of nitrogens with one attached hydrogen (secondary N) is 1. The van der Waals surface area contributed by atoms with Crippen molar-refractivity contribution in [2.24, 2.45) is 5.92 Å². The average Bonchev–Trinajstić information content (AvgIpc) is 2.80. The summed E-state index contributed by atoms with van der Waals surface area (Å²) in [6.07, 6.45) is 7.16. The standard InChI is InChI=1S/C23H24N4O3S/c24-16-18-10-12-19(13-11-18)31(28,29)27-22-23(26-21-9-5-4-8-20(21)25-22)30-15-14-17-6-2-1-3-7-17/h4-5,8-13,17H,1-3,6-7,14-15H2,(H,25,27). The number of nitriles is 1. The van der Waals surface area contributed by atoms with E-state index in [2.05, 4.69) is 14.7 Å². The zero-order valence-corrected chi connectivity index (χ0v) is 17.9. The van der Waals surface area contributed by atoms with Crippen molar-refractivity contribution >= 4 is 26.9 Å². The van der Waals surface area contributed by atoms with Crippen LogP contribution in [0.25, 0.3) is 11.0 Å². The molecule has 2 aromatic carbocycles. The average molecular weight is 437 g/mol. The van der Waals surface area contributed by atoms with Crippen molar-refractivity contribution in [3.63, 3.8) is 0 Å². The second kappa shape index (κ2) is 9.31. The Kier molecular flexibility index (Phi) is 6.33. The Morgan fingerprint density at radius 3 is 2.35 bits per heavy atom. The molecular weight excluding hydrogens is 412 g/mol. The second-order valence-corrected chi connectivity index (χ2v) is 9.43. The van der Waals surface area contributed by atoms with Crippen molar-refractivity contribution in [2.45, 2.75) is 43.4 Å². The molecule has 0 bridgehead atoms. The highest BCUT2D eigenvalue weighted by Crippen LogP contribution is 2.29. The monoisotopic (exact) mass is 436 g/mol. The van der Waals surface area contributed by atoms with E-state index in [0.717, 1.165) is 6.42 Å². The fourth-order valence-electron chi connectivity index (χ4n) is 3.84. The van der Waals surface area contributed by atoms with E-state index >= 15 is 0 Å². The third-order valence-corrected chi connectivity index (χ3v) is 6.91. The molecule has 8 heteroatoms. The Bertz CT molecular complexity index is 1200. The first-order valence-electron chi connectivity index (χ1n) is 10.5. The molecule has 0 saturated heterocycles. The van der Waals surface area contributed by atoms with Crippen molar-refractivity contribution in [1.82, 2.24) is 9.97 Å². The maximum Gasteiger partial charge on any atom is 0.263 e. The minimum atomic E-state index is -3.92. The Morgan fingerprint density at radius 2 is 1.68 bits per heavy atom. The zero-order chi connectivity index (χ0) is 21.7. The van der Waals surface area contributed by atoms with Gasteiger partial charge in [-0.05, 0) is 48.7 Å². The molecule has 0 aliphatic heterocycles. The van der Waals surface area contributed by atoms with Gasteiger partial charge in [-0.3, -0.25) is 4.72 Å². The van der Waals surface area contributed by atoms with Gasteiger partial charge in [0.25, 0.3) is 15.9 Å². The summed E-state index contributed by atoms with van der Waals surface area (Å²) >= 11 is 0. The van der Waals surface area contributed by atoms with Crippen LogP contribution in [-0.4, -0.2) is 25.0 Å². The van der Waals surface area contributed by atoms with Crippen LogP contribution >= 0.6 is 0 Å². The zero-order valence-electron chi connectivity index (χ0n) is 17.1. The molecule has 0 unspecified atom stereocenters. The van der Waals surface area contributed by atoms with Gasteiger partial charge in [0.1, 0.15) is 0 Å². The van der Waals surface area contributed by atoms with Crippen molar-refractivity contribution in [3.05, 3.63) is 54.1 Å². The lowest BCUT2D eigenvalue weighted by molar-refractivity contribution is 0.241. The predicted molar refractivity (Wildman–Crippen MR) is 118 cm³/mol. The second-order valence-electron chi connectivity index (χ2n) is 7.75. The van der Waals surface area contributed by atoms with E-state index in [1.165, 1.54) is 56.4 Å². The molecule has 31 heavy (non-hydrogen) atoms. The predicted octanol–water partition coefficient (Wildman–Crippen LogP) is 4.65. The van der Waals surface area contributed by atoms with E-state index in [0.29, 0.717) is 29.1 Å². The molecule has 1 aromatic heterocycles. The van der Waals surface area contributed by atoms with Crippen LogP contribution in [0.1, 0.15) is 44.1 Å². The topological polar surface area (TPSA) is 105 Å². The van der Waals surface area contributed by atoms with Crippen molar-refractivity contribution < 1.29 is 13.2 Å². The maximum absolute atomic E-state index is 12.9. The Balaban J connectivity index is 1.58. The highest BCUT2D eigenvalue weighted by Gasteiger charge is 2.20. The van der Waals surface area contributed by atoms with Crippen LogP contribution in [0.3, 0.4) is 0 Å². The summed E-state index contributed by atoms with van der Waals surface area (Å²) in [4.78, 5) is 9.00. The number of nitrogens with zero attached hydrogens (tertiary/aromatic N) is 3. The van der Waals surface area contributed by atoms with Gasteiger partial charge in [-0.25, -0.2) is 18.4 Å². The van der Waals surface area contributed by atoms with Crippen LogP contribution in [0.4, 0.5) is 5.82 Å². The molecule has 4 rings (SSSR count). The molecule has 1 fully saturated rings. The van der Waals surface area contributed by atoms with Gasteiger partial charge >= 0.3 is 0 Å². The first kappa shape index (κ1) is 21.1. The number of rotatable bonds is 7. The normalized spacial score (nSPS) is 14.8. The number of anilines is 1. The summed E-state index contributed by atoms with van der Waals surface area (Å²) in [5.74, 6) is 0.874. The minimum absolute atomic E-state index is 0.0367. The van der Waals surface area contributed by atoms with E-state index in [4.69, 9.17) is 10.00 Å². The molecule has 0 radical (unpaired) electrons. The molecule has 1 N–H and O–H groups in total. The number of benzene rings is 2. The number of hydrogen-bond donors (Lipinski definition) is 1. The highest BCUT2D eigenvalue weighted by atomic mass is 32.2.